The van der Waals surface area contributed by atoms with Crippen molar-refractivity contribution in [3.8, 4) is 20.9 Å². The van der Waals surface area contributed by atoms with Crippen LogP contribution in [0.3, 0.4) is 0 Å². The molecule has 166 valence electrons. The summed E-state index contributed by atoms with van der Waals surface area (Å²) in [7, 11) is -0.644. The van der Waals surface area contributed by atoms with Gasteiger partial charge in [-0.2, -0.15) is 13.2 Å². The molecule has 4 aromatic rings. The molecule has 0 saturated heterocycles. The number of sulfonamides is 1. The number of fused-ring (bicyclic) bond motifs is 1. The van der Waals surface area contributed by atoms with E-state index in [0.29, 0.717) is 10.9 Å². The summed E-state index contributed by atoms with van der Waals surface area (Å²) in [5, 5.41) is 0.428. The van der Waals surface area contributed by atoms with E-state index in [9.17, 15) is 21.6 Å². The Kier molecular flexibility index (Phi) is 5.60. The molecule has 0 radical (unpaired) electrons. The Balaban J connectivity index is 1.85. The highest BCUT2D eigenvalue weighted by Crippen LogP contribution is 2.42. The van der Waals surface area contributed by atoms with Gasteiger partial charge in [0.05, 0.1) is 16.0 Å². The molecule has 2 aromatic heterocycles. The van der Waals surface area contributed by atoms with E-state index < -0.39 is 21.8 Å². The third-order valence-corrected chi connectivity index (χ3v) is 8.10. The number of hydrogen-bond donors (Lipinski definition) is 0. The highest BCUT2D eigenvalue weighted by molar-refractivity contribution is 7.89. The van der Waals surface area contributed by atoms with Crippen LogP contribution in [0, 0.1) is 6.92 Å². The first-order valence-electron chi connectivity index (χ1n) is 9.59. The van der Waals surface area contributed by atoms with Crippen molar-refractivity contribution in [3.05, 3.63) is 71.9 Å². The second-order valence-corrected chi connectivity index (χ2v) is 10.7. The Morgan fingerprint density at radius 1 is 0.969 bits per heavy atom. The number of thiophene rings is 1. The van der Waals surface area contributed by atoms with Crippen LogP contribution in [-0.4, -0.2) is 31.8 Å². The zero-order valence-electron chi connectivity index (χ0n) is 17.4. The van der Waals surface area contributed by atoms with Gasteiger partial charge in [0.15, 0.2) is 0 Å². The number of benzene rings is 2. The van der Waals surface area contributed by atoms with Crippen molar-refractivity contribution >= 4 is 32.3 Å². The molecule has 2 heterocycles. The average Bonchev–Trinajstić information content (AvgIpc) is 3.22. The molecular weight excluding hydrogens is 457 g/mol. The predicted molar refractivity (Wildman–Crippen MR) is 121 cm³/mol. The van der Waals surface area contributed by atoms with Gasteiger partial charge in [-0.3, -0.25) is 4.98 Å². The molecule has 9 heteroatoms. The fourth-order valence-corrected chi connectivity index (χ4v) is 5.60. The summed E-state index contributed by atoms with van der Waals surface area (Å²) in [5.41, 5.74) is 1.31. The summed E-state index contributed by atoms with van der Waals surface area (Å²) in [5.74, 6) is 0. The van der Waals surface area contributed by atoms with Gasteiger partial charge < -0.3 is 0 Å². The molecule has 0 spiro atoms. The first-order valence-corrected chi connectivity index (χ1v) is 11.8. The minimum atomic E-state index is -4.50. The zero-order valence-corrected chi connectivity index (χ0v) is 19.1. The number of pyridine rings is 1. The third kappa shape index (κ3) is 3.92. The fourth-order valence-electron chi connectivity index (χ4n) is 3.53. The Morgan fingerprint density at radius 2 is 1.66 bits per heavy atom. The van der Waals surface area contributed by atoms with Gasteiger partial charge in [-0.05, 0) is 48.4 Å². The van der Waals surface area contributed by atoms with E-state index >= 15 is 0 Å². The van der Waals surface area contributed by atoms with Gasteiger partial charge in [-0.15, -0.1) is 11.3 Å². The molecule has 0 aliphatic heterocycles. The highest BCUT2D eigenvalue weighted by Gasteiger charge is 2.33. The van der Waals surface area contributed by atoms with E-state index in [0.717, 1.165) is 31.3 Å². The second kappa shape index (κ2) is 7.99. The highest BCUT2D eigenvalue weighted by atomic mass is 32.2. The van der Waals surface area contributed by atoms with Crippen LogP contribution in [0.2, 0.25) is 0 Å². The van der Waals surface area contributed by atoms with Crippen LogP contribution in [0.25, 0.3) is 31.8 Å². The van der Waals surface area contributed by atoms with Crippen molar-refractivity contribution in [1.29, 1.82) is 0 Å². The van der Waals surface area contributed by atoms with Crippen LogP contribution in [0.1, 0.15) is 11.1 Å². The number of alkyl halides is 3. The largest absolute Gasteiger partial charge is 0.418 e. The molecule has 0 fully saturated rings. The van der Waals surface area contributed by atoms with Gasteiger partial charge in [0.1, 0.15) is 0 Å². The number of hydrogen-bond acceptors (Lipinski definition) is 4. The van der Waals surface area contributed by atoms with Gasteiger partial charge in [0.2, 0.25) is 10.0 Å². The Labute approximate surface area is 188 Å². The lowest BCUT2D eigenvalue weighted by atomic mass is 10.00. The van der Waals surface area contributed by atoms with Gasteiger partial charge in [-0.25, -0.2) is 12.7 Å². The van der Waals surface area contributed by atoms with E-state index in [4.69, 9.17) is 0 Å². The van der Waals surface area contributed by atoms with Crippen molar-refractivity contribution in [2.45, 2.75) is 18.0 Å². The summed E-state index contributed by atoms with van der Waals surface area (Å²) in [6.07, 6.45) is -3.05. The fraction of sp³-hybridized carbons (Fsp3) is 0.174. The van der Waals surface area contributed by atoms with Crippen LogP contribution < -0.4 is 0 Å². The molecule has 0 aliphatic rings. The van der Waals surface area contributed by atoms with Crippen LogP contribution in [0.5, 0.6) is 0 Å². The Bertz CT molecular complexity index is 1420. The number of halogens is 3. The summed E-state index contributed by atoms with van der Waals surface area (Å²) in [6, 6.07) is 14.4. The number of nitrogens with zero attached hydrogens (tertiary/aromatic N) is 2. The Morgan fingerprint density at radius 3 is 2.34 bits per heavy atom. The van der Waals surface area contributed by atoms with Gasteiger partial charge in [0, 0.05) is 41.0 Å². The van der Waals surface area contributed by atoms with Crippen LogP contribution in [0.4, 0.5) is 13.2 Å². The summed E-state index contributed by atoms with van der Waals surface area (Å²) >= 11 is 1.39. The van der Waals surface area contributed by atoms with E-state index in [1.54, 1.807) is 18.2 Å². The van der Waals surface area contributed by atoms with Gasteiger partial charge >= 0.3 is 6.18 Å². The van der Waals surface area contributed by atoms with Crippen molar-refractivity contribution in [3.63, 3.8) is 0 Å². The maximum Gasteiger partial charge on any atom is 0.418 e. The van der Waals surface area contributed by atoms with E-state index in [1.807, 2.05) is 25.1 Å². The molecule has 4 nitrogen and oxygen atoms in total. The standard InChI is InChI=1S/C23H19F3N2O2S2/c1-14-13-27-22-17(8-5-9-18(22)23(24,25)26)21(14)20-11-10-19(31-20)15-6-4-7-16(12-15)32(29,30)28(2)3/h4-13H,1-3H3. The van der Waals surface area contributed by atoms with Crippen molar-refractivity contribution in [1.82, 2.24) is 9.29 Å². The first kappa shape index (κ1) is 22.4. The monoisotopic (exact) mass is 476 g/mol. The maximum atomic E-state index is 13.5. The molecule has 0 aliphatic carbocycles. The molecule has 2 aromatic carbocycles. The zero-order chi connectivity index (χ0) is 23.3. The Hall–Kier alpha value is -2.75. The maximum absolute atomic E-state index is 13.5. The van der Waals surface area contributed by atoms with Gasteiger partial charge in [0.25, 0.3) is 0 Å². The summed E-state index contributed by atoms with van der Waals surface area (Å²) < 4.78 is 66.5. The van der Waals surface area contributed by atoms with Crippen molar-refractivity contribution in [2.24, 2.45) is 0 Å². The number of para-hydroxylation sites is 1. The molecule has 0 saturated carbocycles. The SMILES string of the molecule is Cc1cnc2c(C(F)(F)F)cccc2c1-c1ccc(-c2cccc(S(=O)(=O)N(C)C)c2)s1. The van der Waals surface area contributed by atoms with Crippen LogP contribution in [-0.2, 0) is 16.2 Å². The predicted octanol–water partition coefficient (Wildman–Crippen LogP) is 6.21. The molecule has 0 unspecified atom stereocenters. The topological polar surface area (TPSA) is 50.3 Å². The van der Waals surface area contributed by atoms with E-state index in [-0.39, 0.29) is 10.4 Å². The molecular formula is C23H19F3N2O2S2. The summed E-state index contributed by atoms with van der Waals surface area (Å²) in [4.78, 5) is 5.84. The lowest BCUT2D eigenvalue weighted by Crippen LogP contribution is -2.22. The van der Waals surface area contributed by atoms with E-state index in [2.05, 4.69) is 4.98 Å². The van der Waals surface area contributed by atoms with Crippen molar-refractivity contribution in [2.75, 3.05) is 14.1 Å². The van der Waals surface area contributed by atoms with Crippen LogP contribution >= 0.6 is 11.3 Å². The average molecular weight is 477 g/mol. The molecule has 4 rings (SSSR count). The third-order valence-electron chi connectivity index (χ3n) is 5.14. The quantitative estimate of drug-likeness (QED) is 0.352. The minimum Gasteiger partial charge on any atom is -0.255 e. The molecule has 0 amide bonds. The lowest BCUT2D eigenvalue weighted by molar-refractivity contribution is -0.136. The molecule has 0 N–H and O–H groups in total. The lowest BCUT2D eigenvalue weighted by Gasteiger charge is -2.13. The first-order chi connectivity index (χ1) is 15.0. The van der Waals surface area contributed by atoms with Crippen LogP contribution in [0.15, 0.2) is 65.7 Å². The van der Waals surface area contributed by atoms with E-state index in [1.165, 1.54) is 43.8 Å². The number of rotatable bonds is 4. The molecule has 0 atom stereocenters. The van der Waals surface area contributed by atoms with Gasteiger partial charge in [-0.1, -0.05) is 24.3 Å². The number of aryl methyl sites for hydroxylation is 1. The molecule has 32 heavy (non-hydrogen) atoms. The second-order valence-electron chi connectivity index (χ2n) is 7.49. The minimum absolute atomic E-state index is 0.0883. The van der Waals surface area contributed by atoms with Crippen molar-refractivity contribution < 1.29 is 21.6 Å². The summed E-state index contributed by atoms with van der Waals surface area (Å²) in [6.45, 7) is 1.81. The smallest absolute Gasteiger partial charge is 0.255 e. The molecule has 0 bridgehead atoms. The number of aromatic nitrogens is 1. The normalized spacial score (nSPS) is 12.6.